The van der Waals surface area contributed by atoms with E-state index in [1.807, 2.05) is 45.4 Å². The first-order valence-corrected chi connectivity index (χ1v) is 8.25. The van der Waals surface area contributed by atoms with Crippen LogP contribution in [-0.2, 0) is 16.4 Å². The maximum Gasteiger partial charge on any atom is 0.525 e. The van der Waals surface area contributed by atoms with Gasteiger partial charge in [0.05, 0.1) is 22.2 Å². The Morgan fingerprint density at radius 1 is 1.21 bits per heavy atom. The molecule has 24 heavy (non-hydrogen) atoms. The van der Waals surface area contributed by atoms with E-state index in [-0.39, 0.29) is 0 Å². The summed E-state index contributed by atoms with van der Waals surface area (Å²) < 4.78 is 28.4. The number of aryl methyl sites for hydroxylation is 1. The van der Waals surface area contributed by atoms with E-state index in [2.05, 4.69) is 4.98 Å². The van der Waals surface area contributed by atoms with E-state index in [9.17, 15) is 0 Å². The Balaban J connectivity index is 2.03. The van der Waals surface area contributed by atoms with Crippen molar-refractivity contribution in [1.82, 2.24) is 9.55 Å². The highest BCUT2D eigenvalue weighted by molar-refractivity contribution is 6.55. The summed E-state index contributed by atoms with van der Waals surface area (Å²) in [4.78, 5) is 4.51. The number of hydrogen-bond acceptors (Lipinski definition) is 3. The molecule has 0 unspecified atom stereocenters. The average Bonchev–Trinajstić information content (AvgIpc) is 2.91. The molecule has 128 valence electrons. The molecule has 0 N–H and O–H groups in total. The predicted molar refractivity (Wildman–Crippen MR) is 95.5 cm³/mol. The molecule has 0 spiro atoms. The molecular formula is C17H21BClFN2O2. The number of allylic oxidation sites excluding steroid dienone is 1. The van der Waals surface area contributed by atoms with Crippen molar-refractivity contribution < 1.29 is 13.7 Å². The van der Waals surface area contributed by atoms with Crippen molar-refractivity contribution in [2.75, 3.05) is 0 Å². The van der Waals surface area contributed by atoms with Gasteiger partial charge in [0.15, 0.2) is 0 Å². The molecule has 0 bridgehead atoms. The van der Waals surface area contributed by atoms with Gasteiger partial charge >= 0.3 is 7.12 Å². The van der Waals surface area contributed by atoms with Gasteiger partial charge in [-0.05, 0) is 52.8 Å². The molecule has 1 aliphatic heterocycles. The molecule has 7 heteroatoms. The minimum Gasteiger partial charge on any atom is -0.398 e. The third-order valence-corrected chi connectivity index (χ3v) is 5.23. The lowest BCUT2D eigenvalue weighted by Crippen LogP contribution is -2.41. The summed E-state index contributed by atoms with van der Waals surface area (Å²) in [7, 11) is 0.818. The fourth-order valence-corrected chi connectivity index (χ4v) is 2.90. The standard InChI is InChI=1S/C17H21BClFN2O2/c1-10(14(20)18-23-16(2,3)17(4,5)24-18)15-21-12-9-11(19)7-8-13(12)22(15)6/h7-9H,1-6H3. The second-order valence-corrected chi connectivity index (χ2v) is 7.63. The van der Waals surface area contributed by atoms with Crippen molar-refractivity contribution in [2.24, 2.45) is 7.05 Å². The molecule has 0 amide bonds. The fraction of sp³-hybridized carbons (Fsp3) is 0.471. The molecule has 1 aromatic heterocycles. The quantitative estimate of drug-likeness (QED) is 0.745. The monoisotopic (exact) mass is 350 g/mol. The lowest BCUT2D eigenvalue weighted by Gasteiger charge is -2.32. The van der Waals surface area contributed by atoms with Crippen LogP contribution in [0.15, 0.2) is 23.9 Å². The minimum atomic E-state index is -1.03. The summed E-state index contributed by atoms with van der Waals surface area (Å²) in [5.41, 5.74) is 0.364. The summed E-state index contributed by atoms with van der Waals surface area (Å²) in [5, 5.41) is 0.597. The zero-order valence-electron chi connectivity index (χ0n) is 14.8. The molecule has 1 aliphatic rings. The summed E-state index contributed by atoms with van der Waals surface area (Å²) in [6.07, 6.45) is 0. The number of rotatable bonds is 2. The van der Waals surface area contributed by atoms with E-state index in [4.69, 9.17) is 20.9 Å². The zero-order chi connectivity index (χ0) is 17.9. The van der Waals surface area contributed by atoms with E-state index in [0.717, 1.165) is 11.0 Å². The van der Waals surface area contributed by atoms with Crippen molar-refractivity contribution >= 4 is 35.3 Å². The van der Waals surface area contributed by atoms with Crippen LogP contribution in [0.4, 0.5) is 4.39 Å². The first-order chi connectivity index (χ1) is 11.0. The maximum atomic E-state index is 15.0. The number of nitrogens with zero attached hydrogens (tertiary/aromatic N) is 2. The van der Waals surface area contributed by atoms with E-state index in [0.29, 0.717) is 16.4 Å². The van der Waals surface area contributed by atoms with Gasteiger partial charge in [-0.2, -0.15) is 0 Å². The van der Waals surface area contributed by atoms with Crippen LogP contribution in [0.1, 0.15) is 40.4 Å². The van der Waals surface area contributed by atoms with Crippen LogP contribution in [0.25, 0.3) is 16.6 Å². The lowest BCUT2D eigenvalue weighted by molar-refractivity contribution is 0.00578. The average molecular weight is 351 g/mol. The van der Waals surface area contributed by atoms with Crippen LogP contribution in [0.5, 0.6) is 0 Å². The van der Waals surface area contributed by atoms with Gasteiger partial charge in [0, 0.05) is 17.6 Å². The topological polar surface area (TPSA) is 36.3 Å². The lowest BCUT2D eigenvalue weighted by atomic mass is 9.85. The van der Waals surface area contributed by atoms with Crippen LogP contribution >= 0.6 is 11.6 Å². The van der Waals surface area contributed by atoms with Crippen molar-refractivity contribution in [2.45, 2.75) is 45.8 Å². The number of benzene rings is 1. The zero-order valence-corrected chi connectivity index (χ0v) is 15.5. The Bertz CT molecular complexity index is 828. The first kappa shape index (κ1) is 17.5. The molecule has 4 nitrogen and oxygen atoms in total. The third-order valence-electron chi connectivity index (χ3n) is 5.00. The molecule has 0 aliphatic carbocycles. The largest absolute Gasteiger partial charge is 0.525 e. The van der Waals surface area contributed by atoms with Gasteiger partial charge in [-0.15, -0.1) is 0 Å². The van der Waals surface area contributed by atoms with E-state index >= 15 is 4.39 Å². The van der Waals surface area contributed by atoms with Crippen LogP contribution < -0.4 is 0 Å². The van der Waals surface area contributed by atoms with Gasteiger partial charge in [0.25, 0.3) is 0 Å². The van der Waals surface area contributed by atoms with Gasteiger partial charge in [-0.1, -0.05) is 11.6 Å². The molecule has 1 aromatic carbocycles. The molecule has 0 saturated carbocycles. The molecule has 0 atom stereocenters. The smallest absolute Gasteiger partial charge is 0.398 e. The number of fused-ring (bicyclic) bond motifs is 1. The maximum absolute atomic E-state index is 15.0. The summed E-state index contributed by atoms with van der Waals surface area (Å²) in [6.45, 7) is 9.27. The van der Waals surface area contributed by atoms with Gasteiger partial charge in [-0.3, -0.25) is 0 Å². The Kier molecular flexibility index (Phi) is 4.06. The van der Waals surface area contributed by atoms with Gasteiger partial charge in [-0.25, -0.2) is 9.37 Å². The van der Waals surface area contributed by atoms with E-state index in [1.54, 1.807) is 19.1 Å². The van der Waals surface area contributed by atoms with E-state index < -0.39 is 24.0 Å². The fourth-order valence-electron chi connectivity index (χ4n) is 2.74. The summed E-state index contributed by atoms with van der Waals surface area (Å²) in [5.74, 6) is 0.527. The predicted octanol–water partition coefficient (Wildman–Crippen LogP) is 4.56. The third kappa shape index (κ3) is 2.67. The molecule has 1 fully saturated rings. The minimum absolute atomic E-state index is 0.392. The Labute approximate surface area is 146 Å². The van der Waals surface area contributed by atoms with E-state index in [1.165, 1.54) is 0 Å². The Morgan fingerprint density at radius 3 is 2.38 bits per heavy atom. The van der Waals surface area contributed by atoms with Crippen molar-refractivity contribution in [3.05, 3.63) is 34.8 Å². The number of imidazole rings is 1. The summed E-state index contributed by atoms with van der Waals surface area (Å²) >= 11 is 6.01. The highest BCUT2D eigenvalue weighted by Gasteiger charge is 2.53. The van der Waals surface area contributed by atoms with Crippen LogP contribution in [0, 0.1) is 0 Å². The number of halogens is 2. The van der Waals surface area contributed by atoms with Gasteiger partial charge in [0.2, 0.25) is 0 Å². The Hall–Kier alpha value is -1.37. The van der Waals surface area contributed by atoms with Crippen molar-refractivity contribution in [3.8, 4) is 0 Å². The molecule has 3 rings (SSSR count). The molecular weight excluding hydrogens is 329 g/mol. The summed E-state index contributed by atoms with van der Waals surface area (Å²) in [6, 6.07) is 5.42. The number of hydrogen-bond donors (Lipinski definition) is 0. The first-order valence-electron chi connectivity index (χ1n) is 7.88. The molecule has 0 radical (unpaired) electrons. The van der Waals surface area contributed by atoms with Crippen LogP contribution in [0.2, 0.25) is 5.02 Å². The van der Waals surface area contributed by atoms with Crippen LogP contribution in [-0.4, -0.2) is 27.9 Å². The van der Waals surface area contributed by atoms with Gasteiger partial charge < -0.3 is 13.9 Å². The SMILES string of the molecule is CC(=C(F)B1OC(C)(C)C(C)(C)O1)c1nc2cc(Cl)ccc2n1C. The Morgan fingerprint density at radius 2 is 1.79 bits per heavy atom. The highest BCUT2D eigenvalue weighted by Crippen LogP contribution is 2.40. The van der Waals surface area contributed by atoms with Crippen molar-refractivity contribution in [1.29, 1.82) is 0 Å². The molecule has 1 saturated heterocycles. The number of aromatic nitrogens is 2. The molecule has 2 heterocycles. The highest BCUT2D eigenvalue weighted by atomic mass is 35.5. The second-order valence-electron chi connectivity index (χ2n) is 7.19. The molecule has 2 aromatic rings. The second kappa shape index (κ2) is 5.58. The van der Waals surface area contributed by atoms with Gasteiger partial charge in [0.1, 0.15) is 11.6 Å². The van der Waals surface area contributed by atoms with Crippen molar-refractivity contribution in [3.63, 3.8) is 0 Å². The van der Waals surface area contributed by atoms with Crippen LogP contribution in [0.3, 0.4) is 0 Å². The normalized spacial score (nSPS) is 20.6.